The molecular formula is C13H26N2O3. The van der Waals surface area contributed by atoms with Crippen LogP contribution in [0.15, 0.2) is 0 Å². The van der Waals surface area contributed by atoms with Crippen molar-refractivity contribution in [3.63, 3.8) is 0 Å². The summed E-state index contributed by atoms with van der Waals surface area (Å²) in [4.78, 5) is 11.9. The second-order valence-corrected chi connectivity index (χ2v) is 6.20. The van der Waals surface area contributed by atoms with Crippen molar-refractivity contribution in [1.82, 2.24) is 10.6 Å². The Bertz CT molecular complexity index is 276. The van der Waals surface area contributed by atoms with Gasteiger partial charge in [-0.15, -0.1) is 0 Å². The molecule has 3 atom stereocenters. The number of nitrogens with one attached hydrogen (secondary N) is 2. The molecule has 5 nitrogen and oxygen atoms in total. The minimum absolute atomic E-state index is 0.0418. The highest BCUT2D eigenvalue weighted by Gasteiger charge is 2.33. The molecule has 106 valence electrons. The van der Waals surface area contributed by atoms with Crippen molar-refractivity contribution in [3.8, 4) is 0 Å². The van der Waals surface area contributed by atoms with E-state index in [1.807, 2.05) is 7.05 Å². The third kappa shape index (κ3) is 4.92. The fourth-order valence-corrected chi connectivity index (χ4v) is 2.23. The molecule has 5 heteroatoms. The zero-order valence-electron chi connectivity index (χ0n) is 11.8. The van der Waals surface area contributed by atoms with Gasteiger partial charge in [0.25, 0.3) is 0 Å². The number of aliphatic hydroxyl groups is 1. The van der Waals surface area contributed by atoms with Crippen LogP contribution in [-0.4, -0.2) is 50.0 Å². The molecule has 1 aliphatic heterocycles. The van der Waals surface area contributed by atoms with Crippen molar-refractivity contribution in [2.75, 3.05) is 26.8 Å². The first-order valence-electron chi connectivity index (χ1n) is 6.54. The van der Waals surface area contributed by atoms with Crippen LogP contribution in [0.1, 0.15) is 27.2 Å². The van der Waals surface area contributed by atoms with E-state index in [4.69, 9.17) is 4.74 Å². The van der Waals surface area contributed by atoms with E-state index in [1.54, 1.807) is 0 Å². The fourth-order valence-electron chi connectivity index (χ4n) is 2.23. The summed E-state index contributed by atoms with van der Waals surface area (Å²) in [6.07, 6.45) is 0.175. The Labute approximate surface area is 109 Å². The Balaban J connectivity index is 2.32. The third-order valence-corrected chi connectivity index (χ3v) is 3.15. The molecule has 1 amide bonds. The Morgan fingerprint density at radius 2 is 2.11 bits per heavy atom. The van der Waals surface area contributed by atoms with Crippen LogP contribution in [0.25, 0.3) is 0 Å². The van der Waals surface area contributed by atoms with Gasteiger partial charge in [-0.2, -0.15) is 0 Å². The molecule has 0 aromatic heterocycles. The first kappa shape index (κ1) is 15.4. The average molecular weight is 258 g/mol. The summed E-state index contributed by atoms with van der Waals surface area (Å²) < 4.78 is 5.28. The van der Waals surface area contributed by atoms with Gasteiger partial charge in [-0.3, -0.25) is 4.79 Å². The number of hydrogen-bond acceptors (Lipinski definition) is 4. The molecule has 0 aromatic rings. The summed E-state index contributed by atoms with van der Waals surface area (Å²) in [7, 11) is 1.83. The summed E-state index contributed by atoms with van der Waals surface area (Å²) in [6.45, 7) is 7.54. The number of aliphatic hydroxyl groups excluding tert-OH is 1. The van der Waals surface area contributed by atoms with E-state index >= 15 is 0 Å². The molecule has 3 unspecified atom stereocenters. The van der Waals surface area contributed by atoms with Crippen LogP contribution in [0.3, 0.4) is 0 Å². The van der Waals surface area contributed by atoms with Crippen molar-refractivity contribution < 1.29 is 14.6 Å². The Kier molecular flexibility index (Phi) is 5.56. The first-order valence-corrected chi connectivity index (χ1v) is 6.54. The number of amides is 1. The summed E-state index contributed by atoms with van der Waals surface area (Å²) in [6, 6.07) is 0.0739. The maximum absolute atomic E-state index is 11.9. The standard InChI is InChI=1S/C13H26N2O3/c1-13(2,3)5-9(16)6-15-12(17)10-7-18-8-11(10)14-4/h9-11,14,16H,5-8H2,1-4H3,(H,15,17). The van der Waals surface area contributed by atoms with E-state index in [2.05, 4.69) is 31.4 Å². The van der Waals surface area contributed by atoms with Gasteiger partial charge in [0.05, 0.1) is 25.2 Å². The molecule has 0 aromatic carbocycles. The second-order valence-electron chi connectivity index (χ2n) is 6.20. The molecule has 1 saturated heterocycles. The third-order valence-electron chi connectivity index (χ3n) is 3.15. The second kappa shape index (κ2) is 6.50. The zero-order valence-corrected chi connectivity index (χ0v) is 11.8. The van der Waals surface area contributed by atoms with E-state index < -0.39 is 6.10 Å². The normalized spacial score (nSPS) is 26.1. The Hall–Kier alpha value is -0.650. The van der Waals surface area contributed by atoms with Crippen molar-refractivity contribution in [1.29, 1.82) is 0 Å². The highest BCUT2D eigenvalue weighted by Crippen LogP contribution is 2.20. The van der Waals surface area contributed by atoms with Gasteiger partial charge < -0.3 is 20.5 Å². The fraction of sp³-hybridized carbons (Fsp3) is 0.923. The summed E-state index contributed by atoms with van der Waals surface area (Å²) in [5.41, 5.74) is 0.0636. The highest BCUT2D eigenvalue weighted by atomic mass is 16.5. The Morgan fingerprint density at radius 1 is 1.44 bits per heavy atom. The molecule has 1 heterocycles. The predicted molar refractivity (Wildman–Crippen MR) is 70.2 cm³/mol. The number of likely N-dealkylation sites (N-methyl/N-ethyl adjacent to an activating group) is 1. The number of carbonyl (C=O) groups is 1. The molecule has 1 aliphatic rings. The lowest BCUT2D eigenvalue weighted by molar-refractivity contribution is -0.126. The first-order chi connectivity index (χ1) is 8.33. The lowest BCUT2D eigenvalue weighted by atomic mass is 9.89. The summed E-state index contributed by atoms with van der Waals surface area (Å²) in [5.74, 6) is -0.198. The molecule has 0 bridgehead atoms. The van der Waals surface area contributed by atoms with Crippen LogP contribution in [0, 0.1) is 11.3 Å². The molecule has 18 heavy (non-hydrogen) atoms. The molecule has 0 aliphatic carbocycles. The van der Waals surface area contributed by atoms with Gasteiger partial charge in [-0.1, -0.05) is 20.8 Å². The van der Waals surface area contributed by atoms with Gasteiger partial charge in [0.2, 0.25) is 5.91 Å². The van der Waals surface area contributed by atoms with Gasteiger partial charge in [0.15, 0.2) is 0 Å². The summed E-state index contributed by atoms with van der Waals surface area (Å²) in [5, 5.41) is 15.7. The number of rotatable bonds is 5. The topological polar surface area (TPSA) is 70.6 Å². The smallest absolute Gasteiger partial charge is 0.227 e. The molecule has 0 radical (unpaired) electrons. The largest absolute Gasteiger partial charge is 0.391 e. The van der Waals surface area contributed by atoms with E-state index in [9.17, 15) is 9.90 Å². The van der Waals surface area contributed by atoms with E-state index in [0.29, 0.717) is 26.2 Å². The molecule has 0 spiro atoms. The van der Waals surface area contributed by atoms with Gasteiger partial charge in [-0.05, 0) is 18.9 Å². The predicted octanol–water partition coefficient (Wildman–Crippen LogP) is 0.134. The van der Waals surface area contributed by atoms with Gasteiger partial charge in [0.1, 0.15) is 0 Å². The van der Waals surface area contributed by atoms with Crippen LogP contribution in [0.4, 0.5) is 0 Å². The molecular weight excluding hydrogens is 232 g/mol. The Morgan fingerprint density at radius 3 is 2.67 bits per heavy atom. The average Bonchev–Trinajstić information content (AvgIpc) is 2.71. The SMILES string of the molecule is CNC1COCC1C(=O)NCC(O)CC(C)(C)C. The van der Waals surface area contributed by atoms with Gasteiger partial charge >= 0.3 is 0 Å². The molecule has 1 fully saturated rings. The van der Waals surface area contributed by atoms with Crippen LogP contribution in [0.2, 0.25) is 0 Å². The quantitative estimate of drug-likeness (QED) is 0.656. The monoisotopic (exact) mass is 258 g/mol. The molecule has 0 saturated carbocycles. The van der Waals surface area contributed by atoms with Crippen molar-refractivity contribution in [2.45, 2.75) is 39.3 Å². The van der Waals surface area contributed by atoms with Gasteiger partial charge in [-0.25, -0.2) is 0 Å². The minimum atomic E-state index is -0.496. The van der Waals surface area contributed by atoms with Crippen LogP contribution in [0.5, 0.6) is 0 Å². The van der Waals surface area contributed by atoms with Crippen molar-refractivity contribution >= 4 is 5.91 Å². The lowest BCUT2D eigenvalue weighted by Crippen LogP contribution is -2.44. The van der Waals surface area contributed by atoms with Crippen molar-refractivity contribution in [3.05, 3.63) is 0 Å². The zero-order chi connectivity index (χ0) is 13.8. The number of hydrogen-bond donors (Lipinski definition) is 3. The molecule has 3 N–H and O–H groups in total. The lowest BCUT2D eigenvalue weighted by Gasteiger charge is -2.23. The van der Waals surface area contributed by atoms with E-state index in [-0.39, 0.29) is 23.3 Å². The van der Waals surface area contributed by atoms with E-state index in [1.165, 1.54) is 0 Å². The maximum atomic E-state index is 11.9. The number of ether oxygens (including phenoxy) is 1. The van der Waals surface area contributed by atoms with Crippen LogP contribution in [-0.2, 0) is 9.53 Å². The highest BCUT2D eigenvalue weighted by molar-refractivity contribution is 5.79. The van der Waals surface area contributed by atoms with Crippen LogP contribution < -0.4 is 10.6 Å². The van der Waals surface area contributed by atoms with E-state index in [0.717, 1.165) is 0 Å². The maximum Gasteiger partial charge on any atom is 0.227 e. The molecule has 1 rings (SSSR count). The summed E-state index contributed by atoms with van der Waals surface area (Å²) >= 11 is 0. The minimum Gasteiger partial charge on any atom is -0.391 e. The van der Waals surface area contributed by atoms with Crippen LogP contribution >= 0.6 is 0 Å². The van der Waals surface area contributed by atoms with Gasteiger partial charge in [0, 0.05) is 12.6 Å². The number of carbonyl (C=O) groups excluding carboxylic acids is 1. The van der Waals surface area contributed by atoms with Crippen molar-refractivity contribution in [2.24, 2.45) is 11.3 Å².